The summed E-state index contributed by atoms with van der Waals surface area (Å²) in [5.74, 6) is 0. The molecule has 5 nitrogen and oxygen atoms in total. The van der Waals surface area contributed by atoms with Gasteiger partial charge in [0.2, 0.25) is 0 Å². The standard InChI is InChI=1S/C11H16N4O/c1-15(2,3)10-6-4-9(5-7-10)8-13-14-11(12)16/h4-8H,1-3H3,(H2-,12,14,16)/p+1. The molecule has 0 saturated carbocycles. The number of nitrogens with two attached hydrogens (primary N) is 1. The predicted molar refractivity (Wildman–Crippen MR) is 66.3 cm³/mol. The number of amides is 2. The van der Waals surface area contributed by atoms with Gasteiger partial charge in [0.05, 0.1) is 27.4 Å². The Morgan fingerprint density at radius 2 is 1.88 bits per heavy atom. The van der Waals surface area contributed by atoms with Gasteiger partial charge in [-0.3, -0.25) is 4.48 Å². The third kappa shape index (κ3) is 3.70. The zero-order chi connectivity index (χ0) is 12.2. The number of hydrogen-bond donors (Lipinski definition) is 2. The monoisotopic (exact) mass is 221 g/mol. The first kappa shape index (κ1) is 12.2. The summed E-state index contributed by atoms with van der Waals surface area (Å²) in [7, 11) is 6.28. The Bertz CT molecular complexity index is 389. The summed E-state index contributed by atoms with van der Waals surface area (Å²) in [5, 5.41) is 3.68. The Balaban J connectivity index is 2.72. The molecule has 0 unspecified atom stereocenters. The van der Waals surface area contributed by atoms with Crippen molar-refractivity contribution >= 4 is 17.9 Å². The van der Waals surface area contributed by atoms with Crippen molar-refractivity contribution < 1.29 is 4.79 Å². The lowest BCUT2D eigenvalue weighted by molar-refractivity contribution is 0.249. The molecule has 1 aromatic rings. The lowest BCUT2D eigenvalue weighted by atomic mass is 10.2. The van der Waals surface area contributed by atoms with E-state index >= 15 is 0 Å². The Hall–Kier alpha value is -1.88. The van der Waals surface area contributed by atoms with E-state index in [2.05, 4.69) is 31.7 Å². The summed E-state index contributed by atoms with van der Waals surface area (Å²) >= 11 is 0. The van der Waals surface area contributed by atoms with Crippen LogP contribution in [0.4, 0.5) is 10.5 Å². The molecule has 0 radical (unpaired) electrons. The van der Waals surface area contributed by atoms with Crippen LogP contribution in [0.1, 0.15) is 5.56 Å². The summed E-state index contributed by atoms with van der Waals surface area (Å²) < 4.78 is 0.761. The van der Waals surface area contributed by atoms with E-state index in [1.54, 1.807) is 6.21 Å². The number of carbonyl (C=O) groups excluding carboxylic acids is 1. The van der Waals surface area contributed by atoms with Gasteiger partial charge in [-0.2, -0.15) is 5.10 Å². The molecule has 0 fully saturated rings. The minimum Gasteiger partial charge on any atom is -0.350 e. The highest BCUT2D eigenvalue weighted by atomic mass is 16.2. The summed E-state index contributed by atoms with van der Waals surface area (Å²) in [6.45, 7) is 0. The number of urea groups is 1. The molecule has 16 heavy (non-hydrogen) atoms. The minimum atomic E-state index is -0.667. The fraction of sp³-hybridized carbons (Fsp3) is 0.273. The normalized spacial score (nSPS) is 11.7. The van der Waals surface area contributed by atoms with Gasteiger partial charge in [-0.15, -0.1) is 0 Å². The number of primary amides is 1. The van der Waals surface area contributed by atoms with Gasteiger partial charge in [0.1, 0.15) is 5.69 Å². The maximum absolute atomic E-state index is 10.4. The number of quaternary nitrogens is 1. The Morgan fingerprint density at radius 3 is 2.31 bits per heavy atom. The largest absolute Gasteiger partial charge is 0.350 e. The highest BCUT2D eigenvalue weighted by molar-refractivity contribution is 5.81. The van der Waals surface area contributed by atoms with Gasteiger partial charge >= 0.3 is 6.03 Å². The van der Waals surface area contributed by atoms with Gasteiger partial charge < -0.3 is 5.73 Å². The van der Waals surface area contributed by atoms with Crippen molar-refractivity contribution in [2.75, 3.05) is 21.1 Å². The minimum absolute atomic E-state index is 0.667. The third-order valence-corrected chi connectivity index (χ3v) is 2.06. The van der Waals surface area contributed by atoms with Crippen LogP contribution in [-0.4, -0.2) is 33.4 Å². The lowest BCUT2D eigenvalue weighted by Gasteiger charge is -2.23. The molecule has 0 aliphatic heterocycles. The van der Waals surface area contributed by atoms with Crippen LogP contribution in [0.25, 0.3) is 0 Å². The number of hydrogen-bond acceptors (Lipinski definition) is 2. The molecule has 86 valence electrons. The van der Waals surface area contributed by atoms with E-state index in [1.165, 1.54) is 5.69 Å². The SMILES string of the molecule is C[N+](C)(C)c1ccc(C=NNC(N)=O)cc1. The molecule has 3 N–H and O–H groups in total. The van der Waals surface area contributed by atoms with E-state index in [-0.39, 0.29) is 0 Å². The van der Waals surface area contributed by atoms with Gasteiger partial charge in [-0.25, -0.2) is 10.2 Å². The summed E-state index contributed by atoms with van der Waals surface area (Å²) in [4.78, 5) is 10.4. The topological polar surface area (TPSA) is 67.5 Å². The molecule has 1 aromatic carbocycles. The average molecular weight is 221 g/mol. The number of benzene rings is 1. The fourth-order valence-electron chi connectivity index (χ4n) is 1.18. The first-order valence-electron chi connectivity index (χ1n) is 4.90. The van der Waals surface area contributed by atoms with Crippen molar-refractivity contribution in [3.05, 3.63) is 29.8 Å². The fourth-order valence-corrected chi connectivity index (χ4v) is 1.18. The average Bonchev–Trinajstić information content (AvgIpc) is 2.16. The molecule has 0 aliphatic carbocycles. The van der Waals surface area contributed by atoms with Gasteiger partial charge in [0, 0.05) is 0 Å². The summed E-state index contributed by atoms with van der Waals surface area (Å²) in [6, 6.07) is 7.24. The Kier molecular flexibility index (Phi) is 3.63. The van der Waals surface area contributed by atoms with Gasteiger partial charge in [0.25, 0.3) is 0 Å². The van der Waals surface area contributed by atoms with Crippen LogP contribution in [0, 0.1) is 0 Å². The molecule has 2 amide bonds. The molecule has 0 heterocycles. The van der Waals surface area contributed by atoms with Crippen LogP contribution in [0.2, 0.25) is 0 Å². The number of hydrazone groups is 1. The van der Waals surface area contributed by atoms with Crippen LogP contribution in [-0.2, 0) is 0 Å². The predicted octanol–water partition coefficient (Wildman–Crippen LogP) is 0.885. The Morgan fingerprint density at radius 1 is 1.31 bits per heavy atom. The molecule has 0 saturated heterocycles. The van der Waals surface area contributed by atoms with Crippen molar-refractivity contribution in [1.82, 2.24) is 9.91 Å². The van der Waals surface area contributed by atoms with E-state index < -0.39 is 6.03 Å². The first-order chi connectivity index (χ1) is 7.39. The second-order valence-corrected chi connectivity index (χ2v) is 4.34. The van der Waals surface area contributed by atoms with Crippen molar-refractivity contribution in [2.45, 2.75) is 0 Å². The van der Waals surface area contributed by atoms with Crippen molar-refractivity contribution in [3.8, 4) is 0 Å². The highest BCUT2D eigenvalue weighted by Crippen LogP contribution is 2.16. The quantitative estimate of drug-likeness (QED) is 0.444. The maximum Gasteiger partial charge on any atom is 0.332 e. The molecule has 0 aromatic heterocycles. The molecule has 0 atom stereocenters. The second-order valence-electron chi connectivity index (χ2n) is 4.34. The second kappa shape index (κ2) is 4.76. The van der Waals surface area contributed by atoms with Crippen LogP contribution >= 0.6 is 0 Å². The zero-order valence-corrected chi connectivity index (χ0v) is 9.77. The van der Waals surface area contributed by atoms with Gasteiger partial charge in [-0.05, 0) is 29.8 Å². The van der Waals surface area contributed by atoms with Crippen LogP contribution < -0.4 is 15.6 Å². The molecular weight excluding hydrogens is 204 g/mol. The van der Waals surface area contributed by atoms with E-state index in [0.717, 1.165) is 10.0 Å². The number of nitrogens with zero attached hydrogens (tertiary/aromatic N) is 2. The van der Waals surface area contributed by atoms with Gasteiger partial charge in [-0.1, -0.05) is 0 Å². The summed E-state index contributed by atoms with van der Waals surface area (Å²) in [6.07, 6.45) is 1.55. The molecular formula is C11H17N4O+. The molecule has 0 aliphatic rings. The molecule has 1 rings (SSSR count). The van der Waals surface area contributed by atoms with E-state index in [0.29, 0.717) is 0 Å². The van der Waals surface area contributed by atoms with Crippen LogP contribution in [0.5, 0.6) is 0 Å². The van der Waals surface area contributed by atoms with Crippen molar-refractivity contribution in [1.29, 1.82) is 0 Å². The highest BCUT2D eigenvalue weighted by Gasteiger charge is 2.10. The third-order valence-electron chi connectivity index (χ3n) is 2.06. The van der Waals surface area contributed by atoms with Crippen LogP contribution in [0.3, 0.4) is 0 Å². The number of rotatable bonds is 3. The van der Waals surface area contributed by atoms with E-state index in [9.17, 15) is 4.79 Å². The van der Waals surface area contributed by atoms with E-state index in [4.69, 9.17) is 5.73 Å². The summed E-state index contributed by atoms with van der Waals surface area (Å²) in [5.41, 5.74) is 9.12. The van der Waals surface area contributed by atoms with Crippen LogP contribution in [0.15, 0.2) is 29.4 Å². The molecule has 0 spiro atoms. The zero-order valence-electron chi connectivity index (χ0n) is 9.77. The van der Waals surface area contributed by atoms with Crippen molar-refractivity contribution in [2.24, 2.45) is 10.8 Å². The Labute approximate surface area is 95.1 Å². The maximum atomic E-state index is 10.4. The lowest BCUT2D eigenvalue weighted by Crippen LogP contribution is -2.34. The number of carbonyl (C=O) groups is 1. The molecule has 5 heteroatoms. The van der Waals surface area contributed by atoms with E-state index in [1.807, 2.05) is 24.3 Å². The molecule has 0 bridgehead atoms. The van der Waals surface area contributed by atoms with Gasteiger partial charge in [0.15, 0.2) is 0 Å². The van der Waals surface area contributed by atoms with Crippen molar-refractivity contribution in [3.63, 3.8) is 0 Å². The smallest absolute Gasteiger partial charge is 0.332 e. The first-order valence-corrected chi connectivity index (χ1v) is 4.90. The number of nitrogens with one attached hydrogen (secondary N) is 1.